The van der Waals surface area contributed by atoms with E-state index in [0.717, 1.165) is 15.6 Å². The van der Waals surface area contributed by atoms with Crippen LogP contribution in [0.25, 0.3) is 10.6 Å². The van der Waals surface area contributed by atoms with Crippen LogP contribution in [0.1, 0.15) is 18.9 Å². The lowest BCUT2D eigenvalue weighted by molar-refractivity contribution is -0.384. The predicted octanol–water partition coefficient (Wildman–Crippen LogP) is 3.45. The highest BCUT2D eigenvalue weighted by Gasteiger charge is 2.07. The molecule has 0 unspecified atom stereocenters. The molecular weight excluding hydrogens is 238 g/mol. The normalized spacial score (nSPS) is 9.35. The fraction of sp³-hybridized carbons (Fsp3) is 0.273. The third-order valence-electron chi connectivity index (χ3n) is 1.85. The third kappa shape index (κ3) is 3.32. The van der Waals surface area contributed by atoms with E-state index in [0.29, 0.717) is 0 Å². The van der Waals surface area contributed by atoms with Crippen LogP contribution in [-0.4, -0.2) is 15.1 Å². The van der Waals surface area contributed by atoms with Crippen LogP contribution in [0, 0.1) is 17.0 Å². The van der Waals surface area contributed by atoms with Crippen LogP contribution < -0.4 is 0 Å². The summed E-state index contributed by atoms with van der Waals surface area (Å²) in [6.07, 6.45) is 0. The summed E-state index contributed by atoms with van der Waals surface area (Å²) in [6, 6.07) is 6.29. The third-order valence-corrected chi connectivity index (χ3v) is 2.74. The standard InChI is InChI=1S/C9H7N3O2S.C2H6/c1-6-10-11-9(15-6)7-2-4-8(5-3-7)12(13)14;1-2/h2-5H,1H3;1-2H3. The minimum Gasteiger partial charge on any atom is -0.258 e. The average Bonchev–Trinajstić information content (AvgIpc) is 2.79. The first-order chi connectivity index (χ1) is 8.16. The number of hydrogen-bond acceptors (Lipinski definition) is 5. The second-order valence-electron chi connectivity index (χ2n) is 2.93. The van der Waals surface area contributed by atoms with E-state index in [9.17, 15) is 10.1 Å². The Balaban J connectivity index is 0.000000686. The minimum absolute atomic E-state index is 0.0833. The Morgan fingerprint density at radius 3 is 2.18 bits per heavy atom. The minimum atomic E-state index is -0.421. The predicted molar refractivity (Wildman–Crippen MR) is 68.1 cm³/mol. The van der Waals surface area contributed by atoms with Gasteiger partial charge in [0.25, 0.3) is 5.69 Å². The molecule has 1 aromatic heterocycles. The summed E-state index contributed by atoms with van der Waals surface area (Å²) >= 11 is 1.46. The fourth-order valence-corrected chi connectivity index (χ4v) is 1.84. The van der Waals surface area contributed by atoms with E-state index in [1.54, 1.807) is 12.1 Å². The van der Waals surface area contributed by atoms with Crippen molar-refractivity contribution in [3.8, 4) is 10.6 Å². The lowest BCUT2D eigenvalue weighted by Gasteiger charge is -1.94. The van der Waals surface area contributed by atoms with Gasteiger partial charge in [-0.05, 0) is 19.1 Å². The van der Waals surface area contributed by atoms with Crippen molar-refractivity contribution < 1.29 is 4.92 Å². The van der Waals surface area contributed by atoms with E-state index in [-0.39, 0.29) is 5.69 Å². The molecule has 0 bridgehead atoms. The molecule has 2 rings (SSSR count). The molecule has 0 aliphatic rings. The van der Waals surface area contributed by atoms with E-state index < -0.39 is 4.92 Å². The molecule has 2 aromatic rings. The van der Waals surface area contributed by atoms with Gasteiger partial charge in [0.2, 0.25) is 0 Å². The topological polar surface area (TPSA) is 68.9 Å². The van der Waals surface area contributed by atoms with Crippen LogP contribution in [-0.2, 0) is 0 Å². The van der Waals surface area contributed by atoms with Gasteiger partial charge >= 0.3 is 0 Å². The van der Waals surface area contributed by atoms with Crippen molar-refractivity contribution in [3.63, 3.8) is 0 Å². The molecule has 0 radical (unpaired) electrons. The van der Waals surface area contributed by atoms with E-state index >= 15 is 0 Å². The van der Waals surface area contributed by atoms with Gasteiger partial charge < -0.3 is 0 Å². The number of benzene rings is 1. The molecule has 1 aromatic carbocycles. The Hall–Kier alpha value is -1.82. The zero-order valence-corrected chi connectivity index (χ0v) is 10.7. The molecule has 6 heteroatoms. The highest BCUT2D eigenvalue weighted by molar-refractivity contribution is 7.14. The first-order valence-corrected chi connectivity index (χ1v) is 6.03. The second kappa shape index (κ2) is 6.05. The van der Waals surface area contributed by atoms with Gasteiger partial charge in [-0.3, -0.25) is 10.1 Å². The lowest BCUT2D eigenvalue weighted by Crippen LogP contribution is -1.86. The molecule has 0 aliphatic carbocycles. The van der Waals surface area contributed by atoms with Gasteiger partial charge in [0.05, 0.1) is 4.92 Å². The maximum atomic E-state index is 10.4. The van der Waals surface area contributed by atoms with Crippen molar-refractivity contribution >= 4 is 17.0 Å². The molecule has 90 valence electrons. The fourth-order valence-electron chi connectivity index (χ4n) is 1.14. The number of rotatable bonds is 2. The Morgan fingerprint density at radius 1 is 1.18 bits per heavy atom. The maximum Gasteiger partial charge on any atom is 0.269 e. The Bertz CT molecular complexity index is 494. The highest BCUT2D eigenvalue weighted by atomic mass is 32.1. The summed E-state index contributed by atoms with van der Waals surface area (Å²) in [5, 5.41) is 19.9. The van der Waals surface area contributed by atoms with Crippen LogP contribution in [0.2, 0.25) is 0 Å². The largest absolute Gasteiger partial charge is 0.269 e. The smallest absolute Gasteiger partial charge is 0.258 e. The van der Waals surface area contributed by atoms with Gasteiger partial charge in [-0.25, -0.2) is 0 Å². The maximum absolute atomic E-state index is 10.4. The Labute approximate surface area is 103 Å². The van der Waals surface area contributed by atoms with Crippen LogP contribution >= 0.6 is 11.3 Å². The number of aromatic nitrogens is 2. The number of nitro benzene ring substituents is 1. The van der Waals surface area contributed by atoms with Crippen molar-refractivity contribution in [3.05, 3.63) is 39.4 Å². The van der Waals surface area contributed by atoms with Crippen LogP contribution in [0.5, 0.6) is 0 Å². The van der Waals surface area contributed by atoms with Crippen molar-refractivity contribution in [2.75, 3.05) is 0 Å². The monoisotopic (exact) mass is 251 g/mol. The van der Waals surface area contributed by atoms with Gasteiger partial charge in [-0.2, -0.15) is 0 Å². The zero-order chi connectivity index (χ0) is 12.8. The van der Waals surface area contributed by atoms with E-state index in [4.69, 9.17) is 0 Å². The quantitative estimate of drug-likeness (QED) is 0.605. The van der Waals surface area contributed by atoms with Gasteiger partial charge in [0, 0.05) is 17.7 Å². The molecular formula is C11H13N3O2S. The molecule has 0 N–H and O–H groups in total. The van der Waals surface area contributed by atoms with Crippen LogP contribution in [0.15, 0.2) is 24.3 Å². The van der Waals surface area contributed by atoms with Crippen LogP contribution in [0.3, 0.4) is 0 Å². The average molecular weight is 251 g/mol. The summed E-state index contributed by atoms with van der Waals surface area (Å²) in [5.41, 5.74) is 0.936. The Kier molecular flexibility index (Phi) is 4.71. The SMILES string of the molecule is CC.Cc1nnc(-c2ccc([N+](=O)[O-])cc2)s1. The van der Waals surface area contributed by atoms with Gasteiger partial charge in [-0.15, -0.1) is 10.2 Å². The van der Waals surface area contributed by atoms with E-state index in [2.05, 4.69) is 10.2 Å². The number of aryl methyl sites for hydroxylation is 1. The molecule has 1 heterocycles. The molecule has 0 saturated carbocycles. The van der Waals surface area contributed by atoms with Gasteiger partial charge in [-0.1, -0.05) is 25.2 Å². The van der Waals surface area contributed by atoms with Crippen molar-refractivity contribution in [2.45, 2.75) is 20.8 Å². The van der Waals surface area contributed by atoms with Gasteiger partial charge in [0.1, 0.15) is 10.0 Å². The van der Waals surface area contributed by atoms with E-state index in [1.807, 2.05) is 20.8 Å². The molecule has 0 fully saturated rings. The van der Waals surface area contributed by atoms with Gasteiger partial charge in [0.15, 0.2) is 0 Å². The number of nitrogens with zero attached hydrogens (tertiary/aromatic N) is 3. The van der Waals surface area contributed by atoms with Crippen molar-refractivity contribution in [1.29, 1.82) is 0 Å². The molecule has 0 atom stereocenters. The molecule has 17 heavy (non-hydrogen) atoms. The van der Waals surface area contributed by atoms with Crippen molar-refractivity contribution in [2.24, 2.45) is 0 Å². The Morgan fingerprint density at radius 2 is 1.76 bits per heavy atom. The van der Waals surface area contributed by atoms with Crippen molar-refractivity contribution in [1.82, 2.24) is 10.2 Å². The molecule has 0 saturated heterocycles. The summed E-state index contributed by atoms with van der Waals surface area (Å²) in [4.78, 5) is 10.0. The summed E-state index contributed by atoms with van der Waals surface area (Å²) < 4.78 is 0. The summed E-state index contributed by atoms with van der Waals surface area (Å²) in [6.45, 7) is 5.87. The first kappa shape index (κ1) is 13.2. The lowest BCUT2D eigenvalue weighted by atomic mass is 10.2. The second-order valence-corrected chi connectivity index (χ2v) is 4.11. The number of hydrogen-bond donors (Lipinski definition) is 0. The summed E-state index contributed by atoms with van der Waals surface area (Å²) in [7, 11) is 0. The first-order valence-electron chi connectivity index (χ1n) is 5.22. The summed E-state index contributed by atoms with van der Waals surface area (Å²) in [5.74, 6) is 0. The number of nitro groups is 1. The molecule has 0 spiro atoms. The molecule has 0 amide bonds. The zero-order valence-electron chi connectivity index (χ0n) is 9.88. The van der Waals surface area contributed by atoms with E-state index in [1.165, 1.54) is 23.5 Å². The molecule has 5 nitrogen and oxygen atoms in total. The highest BCUT2D eigenvalue weighted by Crippen LogP contribution is 2.24. The molecule has 0 aliphatic heterocycles. The van der Waals surface area contributed by atoms with Crippen LogP contribution in [0.4, 0.5) is 5.69 Å². The number of non-ortho nitro benzene ring substituents is 1.